The van der Waals surface area contributed by atoms with Gasteiger partial charge in [-0.15, -0.1) is 0 Å². The molecule has 2 saturated heterocycles. The molecule has 160 valence electrons. The van der Waals surface area contributed by atoms with E-state index in [9.17, 15) is 22.8 Å². The zero-order valence-electron chi connectivity index (χ0n) is 17.0. The summed E-state index contributed by atoms with van der Waals surface area (Å²) in [6.45, 7) is 8.32. The fourth-order valence-corrected chi connectivity index (χ4v) is 4.10. The van der Waals surface area contributed by atoms with Crippen LogP contribution in [0.3, 0.4) is 0 Å². The van der Waals surface area contributed by atoms with E-state index in [1.54, 1.807) is 25.7 Å². The van der Waals surface area contributed by atoms with Crippen LogP contribution in [-0.4, -0.2) is 47.1 Å². The topological polar surface area (TPSA) is 62.7 Å². The first-order chi connectivity index (χ1) is 13.3. The van der Waals surface area contributed by atoms with Gasteiger partial charge in [0.1, 0.15) is 17.1 Å². The highest BCUT2D eigenvalue weighted by Gasteiger charge is 2.53. The quantitative estimate of drug-likeness (QED) is 0.696. The van der Waals surface area contributed by atoms with E-state index >= 15 is 0 Å². The molecule has 2 unspecified atom stereocenters. The number of anilines is 1. The molecule has 2 aliphatic rings. The molecule has 1 aromatic heterocycles. The Balaban J connectivity index is 1.75. The third-order valence-corrected chi connectivity index (χ3v) is 5.67. The summed E-state index contributed by atoms with van der Waals surface area (Å²) in [6, 6.07) is 3.58. The second-order valence-electron chi connectivity index (χ2n) is 8.82. The van der Waals surface area contributed by atoms with Crippen LogP contribution in [0.15, 0.2) is 18.2 Å². The lowest BCUT2D eigenvalue weighted by Crippen LogP contribution is -2.52. The largest absolute Gasteiger partial charge is 0.444 e. The van der Waals surface area contributed by atoms with E-state index in [1.807, 2.05) is 6.92 Å². The molecule has 0 aliphatic carbocycles. The van der Waals surface area contributed by atoms with Crippen LogP contribution in [-0.2, 0) is 15.7 Å². The van der Waals surface area contributed by atoms with Gasteiger partial charge >= 0.3 is 12.3 Å². The monoisotopic (exact) mass is 413 g/mol. The molecule has 1 spiro atoms. The molecule has 2 amide bonds. The standard InChI is InChI=1S/C20H26F3N3O3/c1-13-12-25(17(28)29-18(2,3)4)10-8-19(13)9-11-26(16(19)27)15-7-5-6-14(24-15)20(21,22)23/h5-7,13H,8-12H2,1-4H3. The number of piperidine rings is 1. The first-order valence-electron chi connectivity index (χ1n) is 9.68. The first-order valence-corrected chi connectivity index (χ1v) is 9.68. The summed E-state index contributed by atoms with van der Waals surface area (Å²) in [6.07, 6.45) is -4.02. The molecule has 0 bridgehead atoms. The van der Waals surface area contributed by atoms with Gasteiger partial charge in [-0.25, -0.2) is 9.78 Å². The fraction of sp³-hybridized carbons (Fsp3) is 0.650. The number of hydrogen-bond donors (Lipinski definition) is 0. The van der Waals surface area contributed by atoms with Gasteiger partial charge in [0.05, 0.1) is 5.41 Å². The van der Waals surface area contributed by atoms with E-state index < -0.39 is 29.0 Å². The van der Waals surface area contributed by atoms with Gasteiger partial charge in [0.2, 0.25) is 5.91 Å². The van der Waals surface area contributed by atoms with Crippen molar-refractivity contribution in [2.24, 2.45) is 11.3 Å². The minimum Gasteiger partial charge on any atom is -0.444 e. The Bertz CT molecular complexity index is 806. The average Bonchev–Trinajstić information content (AvgIpc) is 2.93. The Morgan fingerprint density at radius 2 is 1.86 bits per heavy atom. The molecule has 0 aromatic carbocycles. The Hall–Kier alpha value is -2.32. The van der Waals surface area contributed by atoms with Gasteiger partial charge < -0.3 is 9.64 Å². The number of hydrogen-bond acceptors (Lipinski definition) is 4. The predicted octanol–water partition coefficient (Wildman–Crippen LogP) is 4.10. The summed E-state index contributed by atoms with van der Waals surface area (Å²) >= 11 is 0. The van der Waals surface area contributed by atoms with Crippen LogP contribution in [0.4, 0.5) is 23.8 Å². The average molecular weight is 413 g/mol. The highest BCUT2D eigenvalue weighted by Crippen LogP contribution is 2.46. The van der Waals surface area contributed by atoms with Crippen molar-refractivity contribution in [2.45, 2.75) is 52.3 Å². The van der Waals surface area contributed by atoms with E-state index in [1.165, 1.54) is 17.0 Å². The number of likely N-dealkylation sites (tertiary alicyclic amines) is 1. The van der Waals surface area contributed by atoms with Crippen molar-refractivity contribution < 1.29 is 27.5 Å². The SMILES string of the molecule is CC1CN(C(=O)OC(C)(C)C)CCC12CCN(c1cccc(C(F)(F)F)n1)C2=O. The molecule has 0 radical (unpaired) electrons. The van der Waals surface area contributed by atoms with Crippen molar-refractivity contribution in [3.8, 4) is 0 Å². The number of rotatable bonds is 1. The number of ether oxygens (including phenoxy) is 1. The van der Waals surface area contributed by atoms with E-state index in [4.69, 9.17) is 4.74 Å². The van der Waals surface area contributed by atoms with Gasteiger partial charge in [-0.05, 0) is 51.7 Å². The molecule has 9 heteroatoms. The highest BCUT2D eigenvalue weighted by molar-refractivity contribution is 5.99. The summed E-state index contributed by atoms with van der Waals surface area (Å²) in [7, 11) is 0. The fourth-order valence-electron chi connectivity index (χ4n) is 4.10. The van der Waals surface area contributed by atoms with Crippen LogP contribution in [0.2, 0.25) is 0 Å². The Morgan fingerprint density at radius 3 is 2.45 bits per heavy atom. The van der Waals surface area contributed by atoms with Crippen molar-refractivity contribution in [3.05, 3.63) is 23.9 Å². The number of pyridine rings is 1. The van der Waals surface area contributed by atoms with Crippen molar-refractivity contribution in [1.82, 2.24) is 9.88 Å². The van der Waals surface area contributed by atoms with E-state index in [2.05, 4.69) is 4.98 Å². The Labute approximate surface area is 168 Å². The molecule has 0 N–H and O–H groups in total. The third kappa shape index (κ3) is 4.18. The maximum Gasteiger partial charge on any atom is 0.433 e. The third-order valence-electron chi connectivity index (χ3n) is 5.67. The number of nitrogens with zero attached hydrogens (tertiary/aromatic N) is 3. The minimum atomic E-state index is -4.57. The molecule has 0 saturated carbocycles. The second-order valence-corrected chi connectivity index (χ2v) is 8.82. The summed E-state index contributed by atoms with van der Waals surface area (Å²) in [4.78, 5) is 32.2. The Morgan fingerprint density at radius 1 is 1.21 bits per heavy atom. The molecule has 1 aromatic rings. The van der Waals surface area contributed by atoms with Crippen molar-refractivity contribution >= 4 is 17.8 Å². The zero-order chi connectivity index (χ0) is 21.6. The lowest BCUT2D eigenvalue weighted by Gasteiger charge is -2.43. The van der Waals surface area contributed by atoms with E-state index in [-0.39, 0.29) is 17.6 Å². The van der Waals surface area contributed by atoms with Crippen LogP contribution in [0.25, 0.3) is 0 Å². The van der Waals surface area contributed by atoms with Crippen LogP contribution >= 0.6 is 0 Å². The number of carbonyl (C=O) groups is 2. The van der Waals surface area contributed by atoms with Gasteiger partial charge in [0.15, 0.2) is 0 Å². The molecule has 29 heavy (non-hydrogen) atoms. The maximum atomic E-state index is 13.2. The molecule has 2 aliphatic heterocycles. The molecule has 2 fully saturated rings. The molecule has 3 heterocycles. The number of carbonyl (C=O) groups excluding carboxylic acids is 2. The number of halogens is 3. The van der Waals surface area contributed by atoms with Gasteiger partial charge in [-0.2, -0.15) is 13.2 Å². The number of alkyl halides is 3. The summed E-state index contributed by atoms with van der Waals surface area (Å²) in [5.41, 5.74) is -2.32. The summed E-state index contributed by atoms with van der Waals surface area (Å²) in [5.74, 6) is -0.351. The van der Waals surface area contributed by atoms with Crippen molar-refractivity contribution in [1.29, 1.82) is 0 Å². The van der Waals surface area contributed by atoms with Crippen LogP contribution in [0, 0.1) is 11.3 Å². The van der Waals surface area contributed by atoms with Crippen molar-refractivity contribution in [3.63, 3.8) is 0 Å². The predicted molar refractivity (Wildman–Crippen MR) is 100 cm³/mol. The number of aromatic nitrogens is 1. The smallest absolute Gasteiger partial charge is 0.433 e. The molecule has 2 atom stereocenters. The minimum absolute atomic E-state index is 0.0171. The van der Waals surface area contributed by atoms with Gasteiger partial charge in [-0.1, -0.05) is 13.0 Å². The van der Waals surface area contributed by atoms with Crippen molar-refractivity contribution in [2.75, 3.05) is 24.5 Å². The molecular formula is C20H26F3N3O3. The molecule has 3 rings (SSSR count). The molecule has 6 nitrogen and oxygen atoms in total. The van der Waals surface area contributed by atoms with Gasteiger partial charge in [-0.3, -0.25) is 9.69 Å². The number of amides is 2. The van der Waals surface area contributed by atoms with Crippen LogP contribution in [0.5, 0.6) is 0 Å². The first kappa shape index (κ1) is 21.4. The maximum absolute atomic E-state index is 13.2. The lowest BCUT2D eigenvalue weighted by atomic mass is 9.70. The summed E-state index contributed by atoms with van der Waals surface area (Å²) < 4.78 is 44.4. The van der Waals surface area contributed by atoms with E-state index in [0.29, 0.717) is 32.5 Å². The Kier molecular flexibility index (Phi) is 5.29. The summed E-state index contributed by atoms with van der Waals surface area (Å²) in [5, 5.41) is 0. The lowest BCUT2D eigenvalue weighted by molar-refractivity contribution is -0.141. The normalized spacial score (nSPS) is 25.6. The molecular weight excluding hydrogens is 387 g/mol. The highest BCUT2D eigenvalue weighted by atomic mass is 19.4. The van der Waals surface area contributed by atoms with Gasteiger partial charge in [0, 0.05) is 19.6 Å². The second kappa shape index (κ2) is 7.18. The van der Waals surface area contributed by atoms with E-state index in [0.717, 1.165) is 6.07 Å². The van der Waals surface area contributed by atoms with Crippen LogP contribution in [0.1, 0.15) is 46.2 Å². The van der Waals surface area contributed by atoms with Gasteiger partial charge in [0.25, 0.3) is 0 Å². The zero-order valence-corrected chi connectivity index (χ0v) is 17.0. The van der Waals surface area contributed by atoms with Crippen LogP contribution < -0.4 is 4.90 Å².